The lowest BCUT2D eigenvalue weighted by molar-refractivity contribution is 0.0694. The minimum absolute atomic E-state index is 0.116. The van der Waals surface area contributed by atoms with Gasteiger partial charge in [-0.15, -0.1) is 0 Å². The van der Waals surface area contributed by atoms with E-state index in [1.165, 1.54) is 16.9 Å². The number of nitrogens with zero attached hydrogens (tertiary/aromatic N) is 3. The fourth-order valence-electron chi connectivity index (χ4n) is 2.15. The number of aromatic nitrogens is 3. The number of carbonyl (C=O) groups is 1. The highest BCUT2D eigenvalue weighted by molar-refractivity contribution is 5.91. The summed E-state index contributed by atoms with van der Waals surface area (Å²) in [5.41, 5.74) is 2.46. The van der Waals surface area contributed by atoms with E-state index in [0.717, 1.165) is 11.1 Å². The van der Waals surface area contributed by atoms with Crippen LogP contribution in [0.25, 0.3) is 5.65 Å². The number of ether oxygens (including phenoxy) is 1. The SMILES string of the molecule is Cc1cc(Oc2c(C)cccc2C(=O)O)n2ncnc2c1. The van der Waals surface area contributed by atoms with Crippen molar-refractivity contribution >= 4 is 11.6 Å². The molecule has 0 saturated carbocycles. The molecular formula is C15H13N3O3. The van der Waals surface area contributed by atoms with Crippen molar-refractivity contribution in [2.45, 2.75) is 13.8 Å². The van der Waals surface area contributed by atoms with Gasteiger partial charge in [-0.3, -0.25) is 0 Å². The predicted octanol–water partition coefficient (Wildman–Crippen LogP) is 2.84. The van der Waals surface area contributed by atoms with Crippen molar-refractivity contribution in [3.05, 3.63) is 53.3 Å². The van der Waals surface area contributed by atoms with Crippen molar-refractivity contribution in [2.24, 2.45) is 0 Å². The van der Waals surface area contributed by atoms with Gasteiger partial charge in [0.15, 0.2) is 5.65 Å². The molecule has 0 saturated heterocycles. The van der Waals surface area contributed by atoms with Crippen LogP contribution in [-0.2, 0) is 0 Å². The Labute approximate surface area is 120 Å². The van der Waals surface area contributed by atoms with Gasteiger partial charge in [-0.25, -0.2) is 9.78 Å². The van der Waals surface area contributed by atoms with Gasteiger partial charge >= 0.3 is 5.97 Å². The summed E-state index contributed by atoms with van der Waals surface area (Å²) in [4.78, 5) is 15.4. The number of fused-ring (bicyclic) bond motifs is 1. The molecule has 6 heteroatoms. The molecule has 0 bridgehead atoms. The van der Waals surface area contributed by atoms with Crippen molar-refractivity contribution in [3.8, 4) is 11.6 Å². The van der Waals surface area contributed by atoms with Crippen LogP contribution in [-0.4, -0.2) is 25.7 Å². The summed E-state index contributed by atoms with van der Waals surface area (Å²) in [6.45, 7) is 3.72. The average molecular weight is 283 g/mol. The minimum Gasteiger partial charge on any atom is -0.478 e. The maximum Gasteiger partial charge on any atom is 0.339 e. The fraction of sp³-hybridized carbons (Fsp3) is 0.133. The van der Waals surface area contributed by atoms with Gasteiger partial charge in [0.25, 0.3) is 0 Å². The molecule has 1 aromatic carbocycles. The van der Waals surface area contributed by atoms with Crippen molar-refractivity contribution in [2.75, 3.05) is 0 Å². The molecule has 21 heavy (non-hydrogen) atoms. The van der Waals surface area contributed by atoms with E-state index in [4.69, 9.17) is 4.74 Å². The second-order valence-corrected chi connectivity index (χ2v) is 4.76. The zero-order chi connectivity index (χ0) is 15.0. The van der Waals surface area contributed by atoms with Gasteiger partial charge in [0.2, 0.25) is 5.88 Å². The molecule has 0 atom stereocenters. The number of aromatic carboxylic acids is 1. The molecule has 2 heterocycles. The summed E-state index contributed by atoms with van der Waals surface area (Å²) in [6.07, 6.45) is 1.43. The number of hydrogen-bond donors (Lipinski definition) is 1. The van der Waals surface area contributed by atoms with E-state index in [0.29, 0.717) is 17.3 Å². The Hall–Kier alpha value is -2.89. The number of pyridine rings is 1. The van der Waals surface area contributed by atoms with E-state index in [2.05, 4.69) is 10.1 Å². The van der Waals surface area contributed by atoms with Crippen LogP contribution < -0.4 is 4.74 Å². The predicted molar refractivity (Wildman–Crippen MR) is 75.9 cm³/mol. The Bertz CT molecular complexity index is 839. The van der Waals surface area contributed by atoms with Gasteiger partial charge < -0.3 is 9.84 Å². The number of benzene rings is 1. The van der Waals surface area contributed by atoms with E-state index in [-0.39, 0.29) is 5.56 Å². The Balaban J connectivity index is 2.15. The third-order valence-corrected chi connectivity index (χ3v) is 3.14. The molecule has 3 aromatic rings. The summed E-state index contributed by atoms with van der Waals surface area (Å²) in [5, 5.41) is 13.4. The monoisotopic (exact) mass is 283 g/mol. The molecule has 6 nitrogen and oxygen atoms in total. The molecule has 1 N–H and O–H groups in total. The smallest absolute Gasteiger partial charge is 0.339 e. The van der Waals surface area contributed by atoms with Crippen LogP contribution in [0.2, 0.25) is 0 Å². The van der Waals surface area contributed by atoms with Gasteiger partial charge in [-0.2, -0.15) is 9.61 Å². The average Bonchev–Trinajstić information content (AvgIpc) is 2.88. The first kappa shape index (κ1) is 13.1. The van der Waals surface area contributed by atoms with Crippen LogP contribution in [0.15, 0.2) is 36.7 Å². The van der Waals surface area contributed by atoms with Crippen LogP contribution >= 0.6 is 0 Å². The summed E-state index contributed by atoms with van der Waals surface area (Å²) in [7, 11) is 0. The normalized spacial score (nSPS) is 10.8. The maximum atomic E-state index is 11.3. The molecule has 106 valence electrons. The molecule has 0 spiro atoms. The zero-order valence-corrected chi connectivity index (χ0v) is 11.6. The highest BCUT2D eigenvalue weighted by atomic mass is 16.5. The quantitative estimate of drug-likeness (QED) is 0.799. The number of rotatable bonds is 3. The van der Waals surface area contributed by atoms with Crippen molar-refractivity contribution in [1.82, 2.24) is 14.6 Å². The molecule has 0 unspecified atom stereocenters. The lowest BCUT2D eigenvalue weighted by Gasteiger charge is -2.12. The zero-order valence-electron chi connectivity index (χ0n) is 11.6. The Kier molecular flexibility index (Phi) is 3.06. The van der Waals surface area contributed by atoms with Crippen molar-refractivity contribution < 1.29 is 14.6 Å². The standard InChI is InChI=1S/C15H13N3O3/c1-9-6-12-16-8-17-18(12)13(7-9)21-14-10(2)4-3-5-11(14)15(19)20/h3-8H,1-2H3,(H,19,20). The van der Waals surface area contributed by atoms with Crippen LogP contribution in [0.4, 0.5) is 0 Å². The first-order valence-corrected chi connectivity index (χ1v) is 6.37. The van der Waals surface area contributed by atoms with E-state index in [9.17, 15) is 9.90 Å². The first-order valence-electron chi connectivity index (χ1n) is 6.37. The molecule has 0 amide bonds. The number of hydrogen-bond acceptors (Lipinski definition) is 4. The summed E-state index contributed by atoms with van der Waals surface area (Å²) in [6, 6.07) is 8.66. The molecule has 2 aromatic heterocycles. The molecule has 0 fully saturated rings. The van der Waals surface area contributed by atoms with Crippen LogP contribution in [0.5, 0.6) is 11.6 Å². The summed E-state index contributed by atoms with van der Waals surface area (Å²) >= 11 is 0. The lowest BCUT2D eigenvalue weighted by Crippen LogP contribution is -2.04. The molecular weight excluding hydrogens is 270 g/mol. The van der Waals surface area contributed by atoms with Gasteiger partial charge in [0, 0.05) is 6.07 Å². The van der Waals surface area contributed by atoms with E-state index in [1.807, 2.05) is 13.0 Å². The highest BCUT2D eigenvalue weighted by Gasteiger charge is 2.16. The van der Waals surface area contributed by atoms with Gasteiger partial charge in [0.05, 0.1) is 0 Å². The number of para-hydroxylation sites is 1. The second kappa shape index (κ2) is 4.90. The summed E-state index contributed by atoms with van der Waals surface area (Å²) in [5.74, 6) is -0.289. The number of carboxylic acids is 1. The molecule has 0 aliphatic heterocycles. The highest BCUT2D eigenvalue weighted by Crippen LogP contribution is 2.29. The first-order chi connectivity index (χ1) is 10.1. The van der Waals surface area contributed by atoms with Gasteiger partial charge in [0.1, 0.15) is 17.6 Å². The number of carboxylic acid groups (broad SMARTS) is 1. The Morgan fingerprint density at radius 1 is 1.29 bits per heavy atom. The Morgan fingerprint density at radius 3 is 2.86 bits per heavy atom. The molecule has 0 radical (unpaired) electrons. The van der Waals surface area contributed by atoms with E-state index >= 15 is 0 Å². The molecule has 0 aliphatic carbocycles. The lowest BCUT2D eigenvalue weighted by atomic mass is 10.1. The van der Waals surface area contributed by atoms with Crippen molar-refractivity contribution in [3.63, 3.8) is 0 Å². The Morgan fingerprint density at radius 2 is 2.10 bits per heavy atom. The third kappa shape index (κ3) is 2.31. The molecule has 3 rings (SSSR count). The maximum absolute atomic E-state index is 11.3. The summed E-state index contributed by atoms with van der Waals surface area (Å²) < 4.78 is 7.37. The van der Waals surface area contributed by atoms with E-state index < -0.39 is 5.97 Å². The van der Waals surface area contributed by atoms with Crippen molar-refractivity contribution in [1.29, 1.82) is 0 Å². The number of aryl methyl sites for hydroxylation is 2. The molecule has 0 aliphatic rings. The van der Waals surface area contributed by atoms with Gasteiger partial charge in [-0.05, 0) is 37.1 Å². The fourth-order valence-corrected chi connectivity index (χ4v) is 2.15. The van der Waals surface area contributed by atoms with Gasteiger partial charge in [-0.1, -0.05) is 12.1 Å². The largest absolute Gasteiger partial charge is 0.478 e. The third-order valence-electron chi connectivity index (χ3n) is 3.14. The van der Waals surface area contributed by atoms with Crippen LogP contribution in [0.1, 0.15) is 21.5 Å². The van der Waals surface area contributed by atoms with E-state index in [1.54, 1.807) is 25.1 Å². The van der Waals surface area contributed by atoms with Crippen LogP contribution in [0.3, 0.4) is 0 Å². The topological polar surface area (TPSA) is 76.7 Å². The second-order valence-electron chi connectivity index (χ2n) is 4.76. The van der Waals surface area contributed by atoms with Crippen LogP contribution in [0, 0.1) is 13.8 Å². The minimum atomic E-state index is -1.03.